The smallest absolute Gasteiger partial charge is 0.407 e. The van der Waals surface area contributed by atoms with Crippen molar-refractivity contribution in [3.63, 3.8) is 0 Å². The SMILES string of the molecule is CCC(C)C(=O)OCCNC(=O)OCCSc1c(F)c(F)c(S(=O)(=O)NS(=O)(=O)c2cc(Cl)c(Cl)cc2-c2c3ccc(=[N+](CC)CC)cc-3oc3cc(N(CC)c4c(C(C)C)cccc4C(C)C)ccc23)c(F)c1F. The Morgan fingerprint density at radius 1 is 0.760 bits per heavy atom. The van der Waals surface area contributed by atoms with Crippen LogP contribution in [0.25, 0.3) is 33.4 Å². The molecule has 1 heterocycles. The summed E-state index contributed by atoms with van der Waals surface area (Å²) in [5.41, 5.74) is 4.62. The first kappa shape index (κ1) is 58.9. The van der Waals surface area contributed by atoms with Gasteiger partial charge in [-0.05, 0) is 80.5 Å². The van der Waals surface area contributed by atoms with Crippen molar-refractivity contribution in [3.05, 3.63) is 117 Å². The van der Waals surface area contributed by atoms with Crippen molar-refractivity contribution in [3.8, 4) is 22.5 Å². The molecule has 0 saturated carbocycles. The van der Waals surface area contributed by atoms with Gasteiger partial charge in [-0.3, -0.25) is 4.79 Å². The summed E-state index contributed by atoms with van der Waals surface area (Å²) in [6.07, 6.45) is -0.451. The minimum absolute atomic E-state index is 0.124. The third-order valence-corrected chi connectivity index (χ3v) is 17.8. The highest BCUT2D eigenvalue weighted by atomic mass is 35.5. The first-order valence-electron chi connectivity index (χ1n) is 24.2. The second-order valence-corrected chi connectivity index (χ2v) is 23.5. The van der Waals surface area contributed by atoms with Gasteiger partial charge in [0.25, 0.3) is 20.0 Å². The first-order chi connectivity index (χ1) is 35.4. The van der Waals surface area contributed by atoms with Crippen molar-refractivity contribution in [2.45, 2.75) is 95.3 Å². The maximum atomic E-state index is 15.8. The van der Waals surface area contributed by atoms with Gasteiger partial charge in [0.2, 0.25) is 5.36 Å². The highest BCUT2D eigenvalue weighted by Gasteiger charge is 2.38. The van der Waals surface area contributed by atoms with E-state index in [1.54, 1.807) is 38.1 Å². The Hall–Kier alpha value is -5.38. The van der Waals surface area contributed by atoms with Crippen molar-refractivity contribution in [1.82, 2.24) is 14.0 Å². The van der Waals surface area contributed by atoms with Crippen molar-refractivity contribution >= 4 is 89.4 Å². The number of hydrogen-bond acceptors (Lipinski definition) is 11. The van der Waals surface area contributed by atoms with Gasteiger partial charge < -0.3 is 24.1 Å². The van der Waals surface area contributed by atoms with E-state index >= 15 is 17.6 Å². The molecule has 1 aliphatic heterocycles. The summed E-state index contributed by atoms with van der Waals surface area (Å²) in [4.78, 5) is 21.6. The number of carbonyl (C=O) groups excluding carboxylic acids is 2. The molecule has 6 rings (SSSR count). The summed E-state index contributed by atoms with van der Waals surface area (Å²) < 4.78 is 140. The molecule has 0 radical (unpaired) electrons. The molecule has 1 atom stereocenters. The molecule has 75 heavy (non-hydrogen) atoms. The summed E-state index contributed by atoms with van der Waals surface area (Å²) in [5.74, 6) is -9.86. The fourth-order valence-electron chi connectivity index (χ4n) is 8.48. The molecule has 1 unspecified atom stereocenters. The number of nitrogens with one attached hydrogen (secondary N) is 2. The monoisotopic (exact) mass is 1140 g/mol. The molecule has 1 amide bonds. The average molecular weight is 1140 g/mol. The first-order valence-corrected chi connectivity index (χ1v) is 29.0. The number of sulfonamides is 2. The lowest BCUT2D eigenvalue weighted by Gasteiger charge is -2.31. The number of thioether (sulfide) groups is 1. The van der Waals surface area contributed by atoms with Gasteiger partial charge in [0.15, 0.2) is 28.2 Å². The molecule has 2 aliphatic rings. The Labute approximate surface area is 449 Å². The van der Waals surface area contributed by atoms with Gasteiger partial charge in [-0.2, -0.15) is 0 Å². The molecule has 0 bridgehead atoms. The van der Waals surface area contributed by atoms with Crippen LogP contribution in [-0.4, -0.2) is 74.0 Å². The molecule has 4 aromatic rings. The number of hydrogen-bond donors (Lipinski definition) is 2. The van der Waals surface area contributed by atoms with E-state index in [1.807, 2.05) is 39.0 Å². The van der Waals surface area contributed by atoms with E-state index in [0.717, 1.165) is 33.9 Å². The quantitative estimate of drug-likeness (QED) is 0.0134. The molecule has 0 spiro atoms. The third kappa shape index (κ3) is 12.7. The Balaban J connectivity index is 1.41. The summed E-state index contributed by atoms with van der Waals surface area (Å²) in [7, 11) is -11.6. The molecule has 13 nitrogen and oxygen atoms in total. The van der Waals surface area contributed by atoms with E-state index in [4.69, 9.17) is 37.1 Å². The lowest BCUT2D eigenvalue weighted by Crippen LogP contribution is -2.33. The van der Waals surface area contributed by atoms with Crippen LogP contribution in [0.5, 0.6) is 0 Å². The van der Waals surface area contributed by atoms with Crippen LogP contribution in [0.3, 0.4) is 0 Å². The van der Waals surface area contributed by atoms with Gasteiger partial charge in [0.05, 0.1) is 38.4 Å². The fourth-order valence-corrected chi connectivity index (χ4v) is 12.9. The minimum atomic E-state index is -6.03. The maximum Gasteiger partial charge on any atom is 0.407 e. The van der Waals surface area contributed by atoms with Gasteiger partial charge in [-0.25, -0.2) is 43.8 Å². The number of halogens is 6. The van der Waals surface area contributed by atoms with E-state index in [1.165, 1.54) is 10.2 Å². The summed E-state index contributed by atoms with van der Waals surface area (Å²) in [5, 5.41) is 2.89. The topological polar surface area (TPSA) is 164 Å². The Kier molecular flexibility index (Phi) is 19.4. The number of anilines is 2. The van der Waals surface area contributed by atoms with Crippen molar-refractivity contribution < 1.29 is 57.9 Å². The summed E-state index contributed by atoms with van der Waals surface area (Å²) in [6.45, 7) is 18.9. The molecule has 2 N–H and O–H groups in total. The molecule has 404 valence electrons. The largest absolute Gasteiger partial charge is 0.464 e. The van der Waals surface area contributed by atoms with Crippen molar-refractivity contribution in [2.24, 2.45) is 5.92 Å². The standard InChI is InChI=1S/C53H58Cl2F4N4O9S3/c1-10-31(9)52(64)70-22-21-60-53(65)71-23-24-73-50-45(56)47(58)51(48(59)46(50)57)75(68,69)61-74(66,67)43-28-40(55)39(54)27-38(43)44-36-19-17-32(62(11-2)12-3)25-41(36)72-42-26-33(18-20-37(42)44)63(13-4)49-34(29(5)6)15-14-16-35(49)30(7)8/h14-20,25-31,61H,10-13,21-24H2,1-9H3/p+1. The van der Waals surface area contributed by atoms with Crippen LogP contribution >= 0.6 is 35.0 Å². The Morgan fingerprint density at radius 3 is 1.97 bits per heavy atom. The number of alkyl carbamates (subject to hydrolysis) is 1. The predicted molar refractivity (Wildman–Crippen MR) is 286 cm³/mol. The number of esters is 1. The zero-order chi connectivity index (χ0) is 55.3. The lowest BCUT2D eigenvalue weighted by molar-refractivity contribution is -0.147. The van der Waals surface area contributed by atoms with Gasteiger partial charge in [0.1, 0.15) is 37.6 Å². The van der Waals surface area contributed by atoms with Gasteiger partial charge in [-0.15, -0.1) is 15.9 Å². The zero-order valence-electron chi connectivity index (χ0n) is 42.8. The number of fused-ring (bicyclic) bond motifs is 2. The van der Waals surface area contributed by atoms with E-state index in [9.17, 15) is 26.4 Å². The van der Waals surface area contributed by atoms with Crippen LogP contribution in [0.4, 0.5) is 33.7 Å². The lowest BCUT2D eigenvalue weighted by atomic mass is 9.91. The van der Waals surface area contributed by atoms with Gasteiger partial charge in [0, 0.05) is 57.9 Å². The highest BCUT2D eigenvalue weighted by molar-refractivity contribution is 8.04. The average Bonchev–Trinajstić information content (AvgIpc) is 3.36. The number of amides is 1. The molecule has 1 aliphatic carbocycles. The molecule has 22 heteroatoms. The van der Waals surface area contributed by atoms with E-state index in [2.05, 4.69) is 54.6 Å². The number of carbonyl (C=O) groups is 2. The minimum Gasteiger partial charge on any atom is -0.464 e. The number of ether oxygens (including phenoxy) is 2. The fraction of sp³-hybridized carbons (Fsp3) is 0.377. The number of rotatable bonds is 21. The highest BCUT2D eigenvalue weighted by Crippen LogP contribution is 2.47. The van der Waals surface area contributed by atoms with Crippen LogP contribution < -0.4 is 24.3 Å². The molecular weight excluding hydrogens is 1080 g/mol. The van der Waals surface area contributed by atoms with Crippen LogP contribution in [0, 0.1) is 29.2 Å². The normalized spacial score (nSPS) is 12.4. The van der Waals surface area contributed by atoms with E-state index in [-0.39, 0.29) is 69.4 Å². The second kappa shape index (κ2) is 24.7. The van der Waals surface area contributed by atoms with E-state index in [0.29, 0.717) is 42.8 Å². The summed E-state index contributed by atoms with van der Waals surface area (Å²) >= 11 is 13.2. The van der Waals surface area contributed by atoms with Crippen molar-refractivity contribution in [2.75, 3.05) is 50.0 Å². The van der Waals surface area contributed by atoms with E-state index < -0.39 is 82.4 Å². The van der Waals surface area contributed by atoms with Crippen LogP contribution in [0.15, 0.2) is 85.8 Å². The van der Waals surface area contributed by atoms with Crippen LogP contribution in [0.2, 0.25) is 10.0 Å². The molecule has 0 aromatic heterocycles. The molecule has 0 saturated heterocycles. The molecule has 0 fully saturated rings. The summed E-state index contributed by atoms with van der Waals surface area (Å²) in [6, 6.07) is 19.0. The Morgan fingerprint density at radius 2 is 1.39 bits per heavy atom. The number of para-hydroxylation sites is 1. The van der Waals surface area contributed by atoms with Crippen molar-refractivity contribution in [1.29, 1.82) is 0 Å². The number of nitrogens with zero attached hydrogens (tertiary/aromatic N) is 2. The molecule has 4 aromatic carbocycles. The van der Waals surface area contributed by atoms with Gasteiger partial charge >= 0.3 is 12.1 Å². The number of benzene rings is 5. The third-order valence-electron chi connectivity index (χ3n) is 12.5. The van der Waals surface area contributed by atoms with Crippen LogP contribution in [-0.2, 0) is 34.3 Å². The zero-order valence-corrected chi connectivity index (χ0v) is 46.8. The second-order valence-electron chi connectivity index (χ2n) is 18.0. The Bertz CT molecular complexity index is 3350. The van der Waals surface area contributed by atoms with Crippen LogP contribution in [0.1, 0.15) is 91.7 Å². The maximum absolute atomic E-state index is 15.8. The predicted octanol–water partition coefficient (Wildman–Crippen LogP) is 12.4. The van der Waals surface area contributed by atoms with Gasteiger partial charge in [-0.1, -0.05) is 82.9 Å². The molecular formula is C53H59Cl2F4N4O9S3+.